The van der Waals surface area contributed by atoms with Crippen LogP contribution < -0.4 is 15.1 Å². The predicted octanol–water partition coefficient (Wildman–Crippen LogP) is 1.95. The number of anilines is 1. The Hall–Kier alpha value is -2.67. The molecule has 3 aromatic rings. The molecule has 0 bridgehead atoms. The van der Waals surface area contributed by atoms with E-state index in [2.05, 4.69) is 15.5 Å². The number of carbonyl (C=O) groups is 1. The van der Waals surface area contributed by atoms with Gasteiger partial charge in [0.05, 0.1) is 15.8 Å². The van der Waals surface area contributed by atoms with Crippen molar-refractivity contribution >= 4 is 33.3 Å². The number of carbonyl (C=O) groups excluding carboxylic acids is 1. The fraction of sp³-hybridized carbons (Fsp3) is 0.188. The lowest BCUT2D eigenvalue weighted by molar-refractivity contribution is 0.0952. The Morgan fingerprint density at radius 1 is 1.26 bits per heavy atom. The first-order chi connectivity index (χ1) is 11.1. The molecule has 1 amide bonds. The third-order valence-electron chi connectivity index (χ3n) is 3.44. The first-order valence-corrected chi connectivity index (χ1v) is 7.90. The molecule has 2 aromatic heterocycles. The van der Waals surface area contributed by atoms with Gasteiger partial charge >= 0.3 is 0 Å². The summed E-state index contributed by atoms with van der Waals surface area (Å²) in [5, 5.41) is 4.22. The lowest BCUT2D eigenvalue weighted by Crippen LogP contribution is -2.23. The van der Waals surface area contributed by atoms with Crippen LogP contribution in [0.4, 0.5) is 5.82 Å². The first-order valence-electron chi connectivity index (χ1n) is 7.08. The van der Waals surface area contributed by atoms with Crippen LogP contribution in [0.2, 0.25) is 0 Å². The standard InChI is InChI=1S/C16H17N5OS/c1-20(2)14-9-8-11(10-17-14)15(22)18-19-16-21(3)12-6-4-5-7-13(12)23-16/h4-10H,1-3H3,(H,18,22). The molecular formula is C16H17N5OS. The van der Waals surface area contributed by atoms with Crippen molar-refractivity contribution in [2.75, 3.05) is 19.0 Å². The lowest BCUT2D eigenvalue weighted by Gasteiger charge is -2.10. The largest absolute Gasteiger partial charge is 0.363 e. The number of aryl methyl sites for hydroxylation is 1. The normalized spacial score (nSPS) is 11.7. The Balaban J connectivity index is 1.83. The third kappa shape index (κ3) is 3.09. The van der Waals surface area contributed by atoms with Gasteiger partial charge in [-0.25, -0.2) is 10.4 Å². The molecule has 7 heteroatoms. The summed E-state index contributed by atoms with van der Waals surface area (Å²) < 4.78 is 3.08. The van der Waals surface area contributed by atoms with Gasteiger partial charge in [-0.2, -0.15) is 0 Å². The number of amides is 1. The van der Waals surface area contributed by atoms with Gasteiger partial charge in [0.1, 0.15) is 5.82 Å². The predicted molar refractivity (Wildman–Crippen MR) is 92.4 cm³/mol. The minimum atomic E-state index is -0.278. The zero-order valence-corrected chi connectivity index (χ0v) is 14.0. The summed E-state index contributed by atoms with van der Waals surface area (Å²) in [4.78, 5) is 19.0. The Morgan fingerprint density at radius 3 is 2.70 bits per heavy atom. The van der Waals surface area contributed by atoms with Gasteiger partial charge in [0.25, 0.3) is 5.91 Å². The van der Waals surface area contributed by atoms with Crippen molar-refractivity contribution in [3.63, 3.8) is 0 Å². The molecule has 0 radical (unpaired) electrons. The van der Waals surface area contributed by atoms with Gasteiger partial charge in [-0.05, 0) is 24.3 Å². The molecule has 0 fully saturated rings. The SMILES string of the molecule is CN(C)c1ccc(C(=O)NN=c2sc3ccccc3n2C)cn1. The molecule has 0 aliphatic heterocycles. The fourth-order valence-corrected chi connectivity index (χ4v) is 3.12. The number of benzene rings is 1. The van der Waals surface area contributed by atoms with Crippen LogP contribution >= 0.6 is 11.3 Å². The van der Waals surface area contributed by atoms with Crippen molar-refractivity contribution in [3.05, 3.63) is 53.0 Å². The molecule has 1 aromatic carbocycles. The van der Waals surface area contributed by atoms with Gasteiger partial charge in [0, 0.05) is 27.3 Å². The van der Waals surface area contributed by atoms with Crippen molar-refractivity contribution in [1.29, 1.82) is 0 Å². The summed E-state index contributed by atoms with van der Waals surface area (Å²) in [7, 11) is 5.73. The van der Waals surface area contributed by atoms with Crippen LogP contribution in [0.25, 0.3) is 10.2 Å². The molecule has 3 rings (SSSR count). The van der Waals surface area contributed by atoms with E-state index in [4.69, 9.17) is 0 Å². The topological polar surface area (TPSA) is 62.5 Å². The molecule has 118 valence electrons. The van der Waals surface area contributed by atoms with Gasteiger partial charge < -0.3 is 9.47 Å². The van der Waals surface area contributed by atoms with Crippen molar-refractivity contribution < 1.29 is 4.79 Å². The average molecular weight is 327 g/mol. The van der Waals surface area contributed by atoms with E-state index in [0.717, 1.165) is 20.8 Å². The van der Waals surface area contributed by atoms with Crippen LogP contribution in [0.5, 0.6) is 0 Å². The number of rotatable bonds is 3. The molecule has 0 saturated carbocycles. The van der Waals surface area contributed by atoms with Crippen molar-refractivity contribution in [2.24, 2.45) is 12.1 Å². The summed E-state index contributed by atoms with van der Waals surface area (Å²) in [6.45, 7) is 0. The molecular weight excluding hydrogens is 310 g/mol. The maximum Gasteiger partial charge on any atom is 0.273 e. The number of nitrogens with one attached hydrogen (secondary N) is 1. The van der Waals surface area contributed by atoms with E-state index in [1.807, 2.05) is 54.9 Å². The zero-order chi connectivity index (χ0) is 16.4. The smallest absolute Gasteiger partial charge is 0.273 e. The molecule has 0 aliphatic carbocycles. The molecule has 23 heavy (non-hydrogen) atoms. The molecule has 0 aliphatic rings. The first kappa shape index (κ1) is 15.2. The highest BCUT2D eigenvalue weighted by Crippen LogP contribution is 2.15. The van der Waals surface area contributed by atoms with E-state index in [1.165, 1.54) is 11.3 Å². The summed E-state index contributed by atoms with van der Waals surface area (Å²) in [5.41, 5.74) is 4.15. The van der Waals surface area contributed by atoms with Crippen LogP contribution in [0.1, 0.15) is 10.4 Å². The molecule has 0 saturated heterocycles. The minimum absolute atomic E-state index is 0.278. The summed E-state index contributed by atoms with van der Waals surface area (Å²) in [5.74, 6) is 0.523. The molecule has 1 N–H and O–H groups in total. The number of fused-ring (bicyclic) bond motifs is 1. The Labute approximate surface area is 137 Å². The van der Waals surface area contributed by atoms with Crippen molar-refractivity contribution in [1.82, 2.24) is 15.0 Å². The zero-order valence-electron chi connectivity index (χ0n) is 13.1. The highest BCUT2D eigenvalue weighted by Gasteiger charge is 2.07. The number of hydrogen-bond acceptors (Lipinski definition) is 5. The highest BCUT2D eigenvalue weighted by molar-refractivity contribution is 7.16. The monoisotopic (exact) mass is 327 g/mol. The molecule has 0 spiro atoms. The number of para-hydroxylation sites is 1. The average Bonchev–Trinajstić information content (AvgIpc) is 2.89. The Bertz CT molecular complexity index is 908. The summed E-state index contributed by atoms with van der Waals surface area (Å²) in [6, 6.07) is 11.6. The van der Waals surface area contributed by atoms with Crippen molar-refractivity contribution in [2.45, 2.75) is 0 Å². The number of nitrogens with zero attached hydrogens (tertiary/aromatic N) is 4. The summed E-state index contributed by atoms with van der Waals surface area (Å²) in [6.07, 6.45) is 1.55. The van der Waals surface area contributed by atoms with E-state index < -0.39 is 0 Å². The van der Waals surface area contributed by atoms with Crippen LogP contribution in [0.15, 0.2) is 47.7 Å². The van der Waals surface area contributed by atoms with E-state index in [0.29, 0.717) is 5.56 Å². The van der Waals surface area contributed by atoms with Crippen LogP contribution in [-0.2, 0) is 7.05 Å². The maximum absolute atomic E-state index is 12.2. The number of pyridine rings is 1. The lowest BCUT2D eigenvalue weighted by atomic mass is 10.2. The molecule has 0 unspecified atom stereocenters. The second kappa shape index (κ2) is 6.21. The van der Waals surface area contributed by atoms with Gasteiger partial charge in [-0.1, -0.05) is 23.5 Å². The van der Waals surface area contributed by atoms with Gasteiger partial charge in [-0.15, -0.1) is 5.10 Å². The number of aromatic nitrogens is 2. The maximum atomic E-state index is 12.2. The van der Waals surface area contributed by atoms with E-state index in [-0.39, 0.29) is 5.91 Å². The fourth-order valence-electron chi connectivity index (χ4n) is 2.14. The number of hydrogen-bond donors (Lipinski definition) is 1. The quantitative estimate of drug-likeness (QED) is 0.748. The van der Waals surface area contributed by atoms with Gasteiger partial charge in [0.2, 0.25) is 4.80 Å². The summed E-state index contributed by atoms with van der Waals surface area (Å²) >= 11 is 1.53. The van der Waals surface area contributed by atoms with Crippen LogP contribution in [0.3, 0.4) is 0 Å². The van der Waals surface area contributed by atoms with Crippen LogP contribution in [-0.4, -0.2) is 29.6 Å². The highest BCUT2D eigenvalue weighted by atomic mass is 32.1. The molecule has 6 nitrogen and oxygen atoms in total. The van der Waals surface area contributed by atoms with Gasteiger partial charge in [0.15, 0.2) is 0 Å². The molecule has 2 heterocycles. The second-order valence-corrected chi connectivity index (χ2v) is 6.27. The van der Waals surface area contributed by atoms with E-state index >= 15 is 0 Å². The molecule has 0 atom stereocenters. The Morgan fingerprint density at radius 2 is 2.04 bits per heavy atom. The third-order valence-corrected chi connectivity index (χ3v) is 4.55. The van der Waals surface area contributed by atoms with E-state index in [9.17, 15) is 4.79 Å². The van der Waals surface area contributed by atoms with Gasteiger partial charge in [-0.3, -0.25) is 4.79 Å². The minimum Gasteiger partial charge on any atom is -0.363 e. The Kier molecular flexibility index (Phi) is 4.12. The second-order valence-electron chi connectivity index (χ2n) is 5.26. The van der Waals surface area contributed by atoms with Crippen LogP contribution in [0, 0.1) is 0 Å². The number of thiazole rings is 1. The van der Waals surface area contributed by atoms with Crippen molar-refractivity contribution in [3.8, 4) is 0 Å². The van der Waals surface area contributed by atoms with E-state index in [1.54, 1.807) is 18.3 Å².